The van der Waals surface area contributed by atoms with Gasteiger partial charge in [0.15, 0.2) is 0 Å². The van der Waals surface area contributed by atoms with Gasteiger partial charge >= 0.3 is 0 Å². The fourth-order valence-electron chi connectivity index (χ4n) is 3.99. The lowest BCUT2D eigenvalue weighted by molar-refractivity contribution is 0.596. The molecule has 3 heteroatoms. The number of sulfone groups is 1. The Morgan fingerprint density at radius 1 is 0.667 bits per heavy atom. The Bertz CT molecular complexity index is 1190. The molecule has 2 nitrogen and oxygen atoms in total. The molecule has 1 heterocycles. The third-order valence-electron chi connectivity index (χ3n) is 5.07. The summed E-state index contributed by atoms with van der Waals surface area (Å²) < 4.78 is 26.3. The van der Waals surface area contributed by atoms with E-state index in [0.29, 0.717) is 9.79 Å². The number of benzene rings is 3. The summed E-state index contributed by atoms with van der Waals surface area (Å²) in [6, 6.07) is 14.9. The molecule has 0 spiro atoms. The van der Waals surface area contributed by atoms with Crippen molar-refractivity contribution in [2.45, 2.75) is 16.2 Å². The molecule has 3 aromatic rings. The minimum Gasteiger partial charge on any atom is -0.218 e. The fourth-order valence-corrected chi connectivity index (χ4v) is 5.68. The Kier molecular flexibility index (Phi) is 2.44. The number of hydrogen-bond acceptors (Lipinski definition) is 2. The van der Waals surface area contributed by atoms with Crippen LogP contribution in [0.2, 0.25) is 0 Å². The number of fused-ring (bicyclic) bond motifs is 2. The molecule has 116 valence electrons. The molecule has 2 aliphatic rings. The van der Waals surface area contributed by atoms with Gasteiger partial charge in [0.25, 0.3) is 0 Å². The van der Waals surface area contributed by atoms with Gasteiger partial charge < -0.3 is 0 Å². The first-order chi connectivity index (χ1) is 11.5. The molecule has 0 radical (unpaired) electrons. The summed E-state index contributed by atoms with van der Waals surface area (Å²) in [7, 11) is -3.52. The molecule has 1 aliphatic heterocycles. The molecule has 0 N–H and O–H groups in total. The molecular formula is C21H14O2S. The molecule has 1 aliphatic carbocycles. The molecule has 0 unspecified atom stereocenters. The van der Waals surface area contributed by atoms with Crippen LogP contribution in [0.1, 0.15) is 17.5 Å². The lowest BCUT2D eigenvalue weighted by atomic mass is 9.81. The monoisotopic (exact) mass is 330 g/mol. The van der Waals surface area contributed by atoms with E-state index >= 15 is 0 Å². The van der Waals surface area contributed by atoms with Crippen molar-refractivity contribution in [2.24, 2.45) is 0 Å². The summed E-state index contributed by atoms with van der Waals surface area (Å²) in [5, 5.41) is 1.79. The van der Waals surface area contributed by atoms with Gasteiger partial charge in [0.2, 0.25) is 9.84 Å². The molecule has 0 saturated heterocycles. The van der Waals surface area contributed by atoms with Gasteiger partial charge in [-0.15, -0.1) is 0 Å². The highest BCUT2D eigenvalue weighted by Gasteiger charge is 2.33. The summed E-state index contributed by atoms with van der Waals surface area (Å²) in [6.45, 7) is 8.32. The van der Waals surface area contributed by atoms with Crippen molar-refractivity contribution < 1.29 is 8.42 Å². The highest BCUT2D eigenvalue weighted by Crippen LogP contribution is 2.50. The van der Waals surface area contributed by atoms with Gasteiger partial charge in [-0.05, 0) is 51.8 Å². The van der Waals surface area contributed by atoms with Crippen LogP contribution in [0, 0.1) is 0 Å². The molecule has 0 fully saturated rings. The summed E-state index contributed by atoms with van der Waals surface area (Å²) in [5.41, 5.74) is 5.80. The van der Waals surface area contributed by atoms with E-state index in [9.17, 15) is 8.42 Å². The Morgan fingerprint density at radius 2 is 1.29 bits per heavy atom. The van der Waals surface area contributed by atoms with E-state index in [1.165, 1.54) is 0 Å². The van der Waals surface area contributed by atoms with Crippen molar-refractivity contribution in [3.8, 4) is 11.1 Å². The van der Waals surface area contributed by atoms with Gasteiger partial charge in [0, 0.05) is 10.9 Å². The summed E-state index contributed by atoms with van der Waals surface area (Å²) in [6.07, 6.45) is 0.726. The van der Waals surface area contributed by atoms with Crippen LogP contribution in [0.5, 0.6) is 0 Å². The Balaban J connectivity index is 2.10. The van der Waals surface area contributed by atoms with Gasteiger partial charge in [-0.1, -0.05) is 49.6 Å². The molecule has 5 rings (SSSR count). The average molecular weight is 330 g/mol. The van der Waals surface area contributed by atoms with Crippen LogP contribution in [0.25, 0.3) is 33.0 Å². The standard InChI is InChI=1S/C21H14O2S/c1-12-11-13(2)15-9-10-19-21-17(8-7-14(12)20(15)21)16-5-3-4-6-18(16)24(19,22)23/h3-10H,1-2,11H2. The first-order valence-electron chi connectivity index (χ1n) is 7.80. The minimum atomic E-state index is -3.52. The zero-order valence-corrected chi connectivity index (χ0v) is 13.8. The SMILES string of the molecule is C=C1CC(=C)c2ccc3c4c(ccc1c24)-c1ccccc1S3(=O)=O. The van der Waals surface area contributed by atoms with Gasteiger partial charge in [-0.3, -0.25) is 0 Å². The predicted octanol–water partition coefficient (Wildman–Crippen LogP) is 5.08. The van der Waals surface area contributed by atoms with Crippen LogP contribution in [0.15, 0.2) is 71.5 Å². The predicted molar refractivity (Wildman–Crippen MR) is 97.5 cm³/mol. The smallest absolute Gasteiger partial charge is 0.207 e. The van der Waals surface area contributed by atoms with Crippen molar-refractivity contribution in [3.63, 3.8) is 0 Å². The van der Waals surface area contributed by atoms with E-state index in [1.54, 1.807) is 18.2 Å². The van der Waals surface area contributed by atoms with Gasteiger partial charge in [-0.2, -0.15) is 0 Å². The van der Waals surface area contributed by atoms with Crippen LogP contribution in [-0.2, 0) is 9.84 Å². The van der Waals surface area contributed by atoms with Gasteiger partial charge in [-0.25, -0.2) is 8.42 Å². The second-order valence-electron chi connectivity index (χ2n) is 6.41. The van der Waals surface area contributed by atoms with Gasteiger partial charge in [0.05, 0.1) is 9.79 Å². The number of allylic oxidation sites excluding steroid dienone is 2. The quantitative estimate of drug-likeness (QED) is 0.450. The second kappa shape index (κ2) is 4.25. The number of rotatable bonds is 0. The van der Waals surface area contributed by atoms with Crippen LogP contribution in [0.3, 0.4) is 0 Å². The summed E-state index contributed by atoms with van der Waals surface area (Å²) in [4.78, 5) is 0.772. The molecule has 24 heavy (non-hydrogen) atoms. The lowest BCUT2D eigenvalue weighted by Gasteiger charge is -2.27. The topological polar surface area (TPSA) is 34.1 Å². The van der Waals surface area contributed by atoms with Crippen molar-refractivity contribution in [2.75, 3.05) is 0 Å². The zero-order chi connectivity index (χ0) is 16.6. The first-order valence-corrected chi connectivity index (χ1v) is 9.29. The van der Waals surface area contributed by atoms with E-state index in [1.807, 2.05) is 24.3 Å². The van der Waals surface area contributed by atoms with E-state index in [-0.39, 0.29) is 0 Å². The molecular weight excluding hydrogens is 316 g/mol. The van der Waals surface area contributed by atoms with Crippen molar-refractivity contribution in [1.29, 1.82) is 0 Å². The van der Waals surface area contributed by atoms with Gasteiger partial charge in [0.1, 0.15) is 0 Å². The molecule has 0 aromatic heterocycles. The highest BCUT2D eigenvalue weighted by molar-refractivity contribution is 7.92. The molecule has 0 saturated carbocycles. The van der Waals surface area contributed by atoms with Crippen LogP contribution >= 0.6 is 0 Å². The fraction of sp³-hybridized carbons (Fsp3) is 0.0476. The molecule has 0 bridgehead atoms. The maximum absolute atomic E-state index is 13.1. The lowest BCUT2D eigenvalue weighted by Crippen LogP contribution is -2.12. The van der Waals surface area contributed by atoms with E-state index in [0.717, 1.165) is 50.6 Å². The Hall–Kier alpha value is -2.65. The Labute approximate surface area is 140 Å². The molecule has 0 amide bonds. The third-order valence-corrected chi connectivity index (χ3v) is 6.92. The summed E-state index contributed by atoms with van der Waals surface area (Å²) in [5.74, 6) is 0. The van der Waals surface area contributed by atoms with E-state index < -0.39 is 9.84 Å². The maximum atomic E-state index is 13.1. The van der Waals surface area contributed by atoms with Crippen LogP contribution in [-0.4, -0.2) is 8.42 Å². The summed E-state index contributed by atoms with van der Waals surface area (Å²) >= 11 is 0. The average Bonchev–Trinajstić information content (AvgIpc) is 2.58. The zero-order valence-electron chi connectivity index (χ0n) is 13.0. The largest absolute Gasteiger partial charge is 0.218 e. The van der Waals surface area contributed by atoms with Crippen molar-refractivity contribution in [3.05, 3.63) is 72.8 Å². The second-order valence-corrected chi connectivity index (χ2v) is 8.29. The maximum Gasteiger partial charge on any atom is 0.207 e. The number of hydrogen-bond donors (Lipinski definition) is 0. The Morgan fingerprint density at radius 3 is 2.04 bits per heavy atom. The molecule has 0 atom stereocenters. The van der Waals surface area contributed by atoms with Crippen molar-refractivity contribution >= 4 is 31.8 Å². The van der Waals surface area contributed by atoms with Crippen molar-refractivity contribution in [1.82, 2.24) is 0 Å². The molecule has 3 aromatic carbocycles. The normalized spacial score (nSPS) is 17.0. The minimum absolute atomic E-state index is 0.383. The van der Waals surface area contributed by atoms with Crippen LogP contribution in [0.4, 0.5) is 0 Å². The van der Waals surface area contributed by atoms with E-state index in [4.69, 9.17) is 0 Å². The third kappa shape index (κ3) is 1.48. The van der Waals surface area contributed by atoms with Crippen LogP contribution < -0.4 is 0 Å². The first kappa shape index (κ1) is 13.8. The highest BCUT2D eigenvalue weighted by atomic mass is 32.2. The van der Waals surface area contributed by atoms with E-state index in [2.05, 4.69) is 19.2 Å².